The number of rotatable bonds is 8. The molecule has 0 amide bonds. The van der Waals surface area contributed by atoms with Gasteiger partial charge in [0.2, 0.25) is 5.95 Å². The molecule has 1 unspecified atom stereocenters. The van der Waals surface area contributed by atoms with Gasteiger partial charge in [-0.3, -0.25) is 5.73 Å². The number of hydrogen-bond acceptors (Lipinski definition) is 9. The third-order valence-electron chi connectivity index (χ3n) is 7.78. The van der Waals surface area contributed by atoms with Crippen LogP contribution in [0.15, 0.2) is 54.7 Å². The van der Waals surface area contributed by atoms with Crippen molar-refractivity contribution in [3.8, 4) is 0 Å². The summed E-state index contributed by atoms with van der Waals surface area (Å²) in [5.74, 6) is 1.17. The molecule has 2 aromatic carbocycles. The first kappa shape index (κ1) is 26.2. The van der Waals surface area contributed by atoms with E-state index in [2.05, 4.69) is 45.8 Å². The molecule has 10 heteroatoms. The minimum atomic E-state index is -3.02. The van der Waals surface area contributed by atoms with Crippen molar-refractivity contribution in [2.24, 2.45) is 11.7 Å². The summed E-state index contributed by atoms with van der Waals surface area (Å²) in [5.41, 5.74) is 11.8. The Kier molecular flexibility index (Phi) is 7.19. The summed E-state index contributed by atoms with van der Waals surface area (Å²) < 4.78 is 23.1. The minimum absolute atomic E-state index is 0.116. The van der Waals surface area contributed by atoms with E-state index < -0.39 is 15.6 Å². The summed E-state index contributed by atoms with van der Waals surface area (Å²) in [6.07, 6.45) is 9.49. The third kappa shape index (κ3) is 5.56. The van der Waals surface area contributed by atoms with Gasteiger partial charge in [0.15, 0.2) is 5.79 Å². The maximum Gasteiger partial charge on any atom is 0.229 e. The second kappa shape index (κ2) is 10.4. The zero-order valence-electron chi connectivity index (χ0n) is 22.3. The van der Waals surface area contributed by atoms with E-state index in [0.717, 1.165) is 47.0 Å². The largest absolute Gasteiger partial charge is 0.349 e. The molecule has 3 aromatic rings. The molecule has 0 bridgehead atoms. The highest BCUT2D eigenvalue weighted by Crippen LogP contribution is 2.45. The summed E-state index contributed by atoms with van der Waals surface area (Å²) in [7, 11) is 1.04. The number of nitrogens with one attached hydrogen (secondary N) is 2. The normalized spacial score (nSPS) is 19.6. The predicted octanol–water partition coefficient (Wildman–Crippen LogP) is 4.63. The van der Waals surface area contributed by atoms with Crippen molar-refractivity contribution in [1.82, 2.24) is 9.97 Å². The van der Waals surface area contributed by atoms with Crippen molar-refractivity contribution in [3.05, 3.63) is 60.3 Å². The number of hydrogen-bond donors (Lipinski definition) is 3. The number of fused-ring (bicyclic) bond motifs is 1. The molecule has 38 heavy (non-hydrogen) atoms. The van der Waals surface area contributed by atoms with E-state index in [1.807, 2.05) is 42.3 Å². The predicted molar refractivity (Wildman–Crippen MR) is 155 cm³/mol. The molecule has 0 spiro atoms. The number of aromatic nitrogens is 2. The second-order valence-electron chi connectivity index (χ2n) is 10.5. The van der Waals surface area contributed by atoms with Gasteiger partial charge in [-0.2, -0.15) is 4.98 Å². The van der Waals surface area contributed by atoms with Crippen molar-refractivity contribution in [3.63, 3.8) is 0 Å². The molecule has 0 saturated heterocycles. The van der Waals surface area contributed by atoms with Crippen LogP contribution in [0.3, 0.4) is 0 Å². The van der Waals surface area contributed by atoms with Crippen LogP contribution in [-0.2, 0) is 16.3 Å². The van der Waals surface area contributed by atoms with Crippen LogP contribution >= 0.6 is 0 Å². The molecule has 1 fully saturated rings. The number of sulfone groups is 1. The third-order valence-corrected chi connectivity index (χ3v) is 8.72. The molecule has 2 aliphatic rings. The molecule has 202 valence electrons. The standard InChI is InChI=1S/C28H37N7O2S/c1-34(23-12-13-25-24(19-23)33-28(29,35(25)2)21-9-5-4-6-10-21)26-14-16-30-27(32-26)31-22-11-7-8-20(18-22)15-17-38(3,36)37/h7-8,11-14,16,18-19,21,33H,4-6,9-10,15,17,29H2,1-3H3,(H,30,31,32). The maximum atomic E-state index is 11.5. The summed E-state index contributed by atoms with van der Waals surface area (Å²) in [4.78, 5) is 13.3. The maximum absolute atomic E-state index is 11.5. The summed E-state index contributed by atoms with van der Waals surface area (Å²) in [6.45, 7) is 0. The molecule has 4 N–H and O–H groups in total. The Morgan fingerprint density at radius 1 is 1.16 bits per heavy atom. The van der Waals surface area contributed by atoms with Crippen LogP contribution in [-0.4, -0.2) is 50.3 Å². The van der Waals surface area contributed by atoms with E-state index in [-0.39, 0.29) is 5.75 Å². The van der Waals surface area contributed by atoms with Gasteiger partial charge in [-0.05, 0) is 61.2 Å². The van der Waals surface area contributed by atoms with Gasteiger partial charge < -0.3 is 20.4 Å². The van der Waals surface area contributed by atoms with Gasteiger partial charge in [-0.25, -0.2) is 13.4 Å². The number of aryl methyl sites for hydroxylation is 1. The minimum Gasteiger partial charge on any atom is -0.349 e. The van der Waals surface area contributed by atoms with Gasteiger partial charge in [0.05, 0.1) is 17.1 Å². The fourth-order valence-electron chi connectivity index (χ4n) is 5.51. The Labute approximate surface area is 225 Å². The molecule has 9 nitrogen and oxygen atoms in total. The van der Waals surface area contributed by atoms with Crippen LogP contribution in [0.2, 0.25) is 0 Å². The summed E-state index contributed by atoms with van der Waals surface area (Å²) >= 11 is 0. The fourth-order valence-corrected chi connectivity index (χ4v) is 6.11. The smallest absolute Gasteiger partial charge is 0.229 e. The highest BCUT2D eigenvalue weighted by molar-refractivity contribution is 7.90. The van der Waals surface area contributed by atoms with Crippen molar-refractivity contribution >= 4 is 44.4 Å². The van der Waals surface area contributed by atoms with Crippen molar-refractivity contribution in [2.75, 3.05) is 46.5 Å². The molecule has 1 atom stereocenters. The van der Waals surface area contributed by atoms with Crippen LogP contribution in [0.5, 0.6) is 0 Å². The molecule has 1 aliphatic carbocycles. The van der Waals surface area contributed by atoms with Gasteiger partial charge in [0.25, 0.3) is 0 Å². The van der Waals surface area contributed by atoms with Gasteiger partial charge >= 0.3 is 0 Å². The van der Waals surface area contributed by atoms with Crippen molar-refractivity contribution in [2.45, 2.75) is 44.3 Å². The van der Waals surface area contributed by atoms with E-state index in [1.54, 1.807) is 6.20 Å². The molecule has 1 aromatic heterocycles. The van der Waals surface area contributed by atoms with Crippen LogP contribution in [0.25, 0.3) is 0 Å². The quantitative estimate of drug-likeness (QED) is 0.380. The molecule has 1 saturated carbocycles. The monoisotopic (exact) mass is 535 g/mol. The van der Waals surface area contributed by atoms with E-state index in [4.69, 9.17) is 10.7 Å². The molecule has 2 heterocycles. The molecular formula is C28H37N7O2S. The summed E-state index contributed by atoms with van der Waals surface area (Å²) in [5, 5.41) is 6.89. The number of anilines is 6. The Morgan fingerprint density at radius 3 is 2.71 bits per heavy atom. The number of nitrogens with two attached hydrogens (primary N) is 1. The Hall–Kier alpha value is -3.37. The first-order valence-corrected chi connectivity index (χ1v) is 15.2. The first-order chi connectivity index (χ1) is 18.1. The molecular weight excluding hydrogens is 498 g/mol. The van der Waals surface area contributed by atoms with Gasteiger partial charge in [-0.15, -0.1) is 0 Å². The van der Waals surface area contributed by atoms with Crippen molar-refractivity contribution < 1.29 is 8.42 Å². The van der Waals surface area contributed by atoms with Crippen LogP contribution in [0.1, 0.15) is 37.7 Å². The zero-order chi connectivity index (χ0) is 26.9. The van der Waals surface area contributed by atoms with Gasteiger partial charge in [0, 0.05) is 43.8 Å². The van der Waals surface area contributed by atoms with E-state index in [0.29, 0.717) is 18.3 Å². The Bertz CT molecular complexity index is 1410. The SMILES string of the molecule is CN(c1ccc2c(c1)NC(N)(C1CCCCC1)N2C)c1ccnc(Nc2cccc(CCS(C)(=O)=O)c2)n1. The van der Waals surface area contributed by atoms with Gasteiger partial charge in [-0.1, -0.05) is 31.4 Å². The average molecular weight is 536 g/mol. The lowest BCUT2D eigenvalue weighted by Crippen LogP contribution is -2.62. The lowest BCUT2D eigenvalue weighted by Gasteiger charge is -2.42. The van der Waals surface area contributed by atoms with E-state index in [9.17, 15) is 8.42 Å². The van der Waals surface area contributed by atoms with Crippen LogP contribution in [0.4, 0.5) is 34.5 Å². The van der Waals surface area contributed by atoms with E-state index in [1.165, 1.54) is 25.5 Å². The topological polar surface area (TPSA) is 116 Å². The second-order valence-corrected chi connectivity index (χ2v) is 12.8. The fraction of sp³-hybridized carbons (Fsp3) is 0.429. The zero-order valence-corrected chi connectivity index (χ0v) is 23.1. The number of benzene rings is 2. The molecule has 0 radical (unpaired) electrons. The highest BCUT2D eigenvalue weighted by Gasteiger charge is 2.44. The first-order valence-electron chi connectivity index (χ1n) is 13.2. The Balaban J connectivity index is 1.31. The van der Waals surface area contributed by atoms with Crippen LogP contribution in [0, 0.1) is 5.92 Å². The van der Waals surface area contributed by atoms with Gasteiger partial charge in [0.1, 0.15) is 15.7 Å². The lowest BCUT2D eigenvalue weighted by atomic mass is 9.84. The van der Waals surface area contributed by atoms with Crippen LogP contribution < -0.4 is 26.2 Å². The summed E-state index contributed by atoms with van der Waals surface area (Å²) in [6, 6.07) is 15.9. The highest BCUT2D eigenvalue weighted by atomic mass is 32.2. The van der Waals surface area contributed by atoms with Crippen molar-refractivity contribution in [1.29, 1.82) is 0 Å². The molecule has 5 rings (SSSR count). The molecule has 1 aliphatic heterocycles. The average Bonchev–Trinajstić information content (AvgIpc) is 3.17. The van der Waals surface area contributed by atoms with E-state index >= 15 is 0 Å². The Morgan fingerprint density at radius 2 is 1.95 bits per heavy atom. The number of nitrogens with zero attached hydrogens (tertiary/aromatic N) is 4. The lowest BCUT2D eigenvalue weighted by molar-refractivity contribution is 0.235.